The van der Waals surface area contributed by atoms with Crippen molar-refractivity contribution in [3.8, 4) is 0 Å². The number of aromatic nitrogens is 4. The molecule has 0 atom stereocenters. The first-order chi connectivity index (χ1) is 10.1. The SMILES string of the molecule is CC(C)c1cc(C(=O)NCCCn2ccnn2)cc(Cl)n1. The van der Waals surface area contributed by atoms with E-state index in [1.807, 2.05) is 13.8 Å². The summed E-state index contributed by atoms with van der Waals surface area (Å²) < 4.78 is 1.73. The van der Waals surface area contributed by atoms with Gasteiger partial charge in [0.2, 0.25) is 0 Å². The minimum absolute atomic E-state index is 0.139. The van der Waals surface area contributed by atoms with Crippen molar-refractivity contribution < 1.29 is 4.79 Å². The van der Waals surface area contributed by atoms with Gasteiger partial charge in [-0.15, -0.1) is 5.10 Å². The van der Waals surface area contributed by atoms with Crippen LogP contribution in [0.2, 0.25) is 5.15 Å². The van der Waals surface area contributed by atoms with Crippen molar-refractivity contribution in [2.24, 2.45) is 0 Å². The highest BCUT2D eigenvalue weighted by Crippen LogP contribution is 2.17. The van der Waals surface area contributed by atoms with E-state index in [0.717, 1.165) is 12.1 Å². The van der Waals surface area contributed by atoms with Gasteiger partial charge in [0.15, 0.2) is 0 Å². The number of rotatable bonds is 6. The molecule has 2 aromatic heterocycles. The Bertz CT molecular complexity index is 597. The molecule has 2 rings (SSSR count). The molecule has 0 fully saturated rings. The number of carbonyl (C=O) groups excluding carboxylic acids is 1. The van der Waals surface area contributed by atoms with E-state index in [2.05, 4.69) is 20.6 Å². The summed E-state index contributed by atoms with van der Waals surface area (Å²) in [7, 11) is 0. The number of hydrogen-bond acceptors (Lipinski definition) is 4. The van der Waals surface area contributed by atoms with Crippen molar-refractivity contribution >= 4 is 17.5 Å². The molecule has 0 unspecified atom stereocenters. The Morgan fingerprint density at radius 3 is 2.90 bits per heavy atom. The van der Waals surface area contributed by atoms with E-state index in [1.54, 1.807) is 29.2 Å². The molecule has 0 aliphatic heterocycles. The third kappa shape index (κ3) is 4.53. The van der Waals surface area contributed by atoms with Crippen LogP contribution in [-0.4, -0.2) is 32.4 Å². The summed E-state index contributed by atoms with van der Waals surface area (Å²) in [6, 6.07) is 3.36. The minimum atomic E-state index is -0.139. The molecule has 0 saturated carbocycles. The molecular formula is C14H18ClN5O. The topological polar surface area (TPSA) is 72.7 Å². The van der Waals surface area contributed by atoms with Crippen LogP contribution >= 0.6 is 11.6 Å². The molecule has 2 heterocycles. The Balaban J connectivity index is 1.88. The largest absolute Gasteiger partial charge is 0.352 e. The van der Waals surface area contributed by atoms with Gasteiger partial charge in [0.1, 0.15) is 5.15 Å². The van der Waals surface area contributed by atoms with E-state index in [1.165, 1.54) is 0 Å². The first-order valence-electron chi connectivity index (χ1n) is 6.86. The molecule has 0 bridgehead atoms. The second-order valence-electron chi connectivity index (χ2n) is 5.03. The number of carbonyl (C=O) groups is 1. The number of nitrogens with zero attached hydrogens (tertiary/aromatic N) is 4. The number of aryl methyl sites for hydroxylation is 1. The minimum Gasteiger partial charge on any atom is -0.352 e. The van der Waals surface area contributed by atoms with Gasteiger partial charge in [-0.3, -0.25) is 9.48 Å². The molecule has 0 saturated heterocycles. The lowest BCUT2D eigenvalue weighted by Gasteiger charge is -2.09. The van der Waals surface area contributed by atoms with Crippen molar-refractivity contribution in [2.75, 3.05) is 6.54 Å². The van der Waals surface area contributed by atoms with E-state index < -0.39 is 0 Å². The quantitative estimate of drug-likeness (QED) is 0.656. The summed E-state index contributed by atoms with van der Waals surface area (Å²) in [5, 5.41) is 10.8. The van der Waals surface area contributed by atoms with Gasteiger partial charge in [0.05, 0.1) is 6.20 Å². The zero-order chi connectivity index (χ0) is 15.2. The highest BCUT2D eigenvalue weighted by Gasteiger charge is 2.10. The van der Waals surface area contributed by atoms with Crippen molar-refractivity contribution in [1.82, 2.24) is 25.3 Å². The molecule has 0 aromatic carbocycles. The predicted molar refractivity (Wildman–Crippen MR) is 80.3 cm³/mol. The van der Waals surface area contributed by atoms with E-state index in [0.29, 0.717) is 23.8 Å². The average Bonchev–Trinajstić information content (AvgIpc) is 2.95. The van der Waals surface area contributed by atoms with Crippen LogP contribution in [0.25, 0.3) is 0 Å². The molecular weight excluding hydrogens is 290 g/mol. The fourth-order valence-corrected chi connectivity index (χ4v) is 2.06. The van der Waals surface area contributed by atoms with Crippen molar-refractivity contribution in [3.05, 3.63) is 40.9 Å². The number of halogens is 1. The monoisotopic (exact) mass is 307 g/mol. The smallest absolute Gasteiger partial charge is 0.251 e. The zero-order valence-electron chi connectivity index (χ0n) is 12.1. The second-order valence-corrected chi connectivity index (χ2v) is 5.42. The molecule has 2 aromatic rings. The Morgan fingerprint density at radius 1 is 1.43 bits per heavy atom. The maximum Gasteiger partial charge on any atom is 0.251 e. The summed E-state index contributed by atoms with van der Waals surface area (Å²) in [6.07, 6.45) is 4.20. The maximum absolute atomic E-state index is 12.1. The molecule has 0 aliphatic carbocycles. The van der Waals surface area contributed by atoms with Crippen LogP contribution in [0.5, 0.6) is 0 Å². The van der Waals surface area contributed by atoms with Gasteiger partial charge in [-0.25, -0.2) is 4.98 Å². The Hall–Kier alpha value is -1.95. The second kappa shape index (κ2) is 7.17. The van der Waals surface area contributed by atoms with E-state index >= 15 is 0 Å². The fraction of sp³-hybridized carbons (Fsp3) is 0.429. The molecule has 0 aliphatic rings. The molecule has 21 heavy (non-hydrogen) atoms. The van der Waals surface area contributed by atoms with Gasteiger partial charge in [-0.2, -0.15) is 0 Å². The number of hydrogen-bond donors (Lipinski definition) is 1. The van der Waals surface area contributed by atoms with E-state index in [9.17, 15) is 4.79 Å². The third-order valence-electron chi connectivity index (χ3n) is 2.99. The molecule has 6 nitrogen and oxygen atoms in total. The van der Waals surface area contributed by atoms with Crippen LogP contribution in [0.4, 0.5) is 0 Å². The van der Waals surface area contributed by atoms with Crippen LogP contribution < -0.4 is 5.32 Å². The maximum atomic E-state index is 12.1. The predicted octanol–water partition coefficient (Wildman–Crippen LogP) is 2.27. The van der Waals surface area contributed by atoms with Gasteiger partial charge in [0.25, 0.3) is 5.91 Å². The molecule has 0 radical (unpaired) electrons. The number of pyridine rings is 1. The highest BCUT2D eigenvalue weighted by molar-refractivity contribution is 6.29. The lowest BCUT2D eigenvalue weighted by Crippen LogP contribution is -2.25. The van der Waals surface area contributed by atoms with E-state index in [-0.39, 0.29) is 11.8 Å². The number of nitrogens with one attached hydrogen (secondary N) is 1. The van der Waals surface area contributed by atoms with Gasteiger partial charge in [0, 0.05) is 30.5 Å². The lowest BCUT2D eigenvalue weighted by molar-refractivity contribution is 0.0952. The summed E-state index contributed by atoms with van der Waals surface area (Å²) in [4.78, 5) is 16.3. The standard InChI is InChI=1S/C14H18ClN5O/c1-10(2)12-8-11(9-13(15)18-12)14(21)16-4-3-6-20-7-5-17-19-20/h5,7-10H,3-4,6H2,1-2H3,(H,16,21). The van der Waals surface area contributed by atoms with Gasteiger partial charge < -0.3 is 5.32 Å². The lowest BCUT2D eigenvalue weighted by atomic mass is 10.1. The van der Waals surface area contributed by atoms with Crippen LogP contribution in [0.3, 0.4) is 0 Å². The van der Waals surface area contributed by atoms with Gasteiger partial charge in [-0.1, -0.05) is 30.7 Å². The average molecular weight is 308 g/mol. The first-order valence-corrected chi connectivity index (χ1v) is 7.24. The molecule has 0 spiro atoms. The summed E-state index contributed by atoms with van der Waals surface area (Å²) in [6.45, 7) is 5.31. The first kappa shape index (κ1) is 15.4. The van der Waals surface area contributed by atoms with E-state index in [4.69, 9.17) is 11.6 Å². The normalized spacial score (nSPS) is 10.9. The van der Waals surface area contributed by atoms with Crippen molar-refractivity contribution in [2.45, 2.75) is 32.7 Å². The summed E-state index contributed by atoms with van der Waals surface area (Å²) in [5.74, 6) is 0.0855. The Kier molecular flexibility index (Phi) is 5.27. The van der Waals surface area contributed by atoms with Gasteiger partial charge >= 0.3 is 0 Å². The fourth-order valence-electron chi connectivity index (χ4n) is 1.84. The van der Waals surface area contributed by atoms with Crippen LogP contribution in [0, 0.1) is 0 Å². The molecule has 1 amide bonds. The molecule has 7 heteroatoms. The molecule has 112 valence electrons. The van der Waals surface area contributed by atoms with Crippen molar-refractivity contribution in [1.29, 1.82) is 0 Å². The van der Waals surface area contributed by atoms with Gasteiger partial charge in [-0.05, 0) is 24.5 Å². The zero-order valence-corrected chi connectivity index (χ0v) is 12.8. The van der Waals surface area contributed by atoms with Crippen LogP contribution in [0.15, 0.2) is 24.5 Å². The molecule has 1 N–H and O–H groups in total. The Labute approximate surface area is 128 Å². The van der Waals surface area contributed by atoms with Crippen LogP contribution in [0.1, 0.15) is 42.2 Å². The van der Waals surface area contributed by atoms with Crippen molar-refractivity contribution in [3.63, 3.8) is 0 Å². The highest BCUT2D eigenvalue weighted by atomic mass is 35.5. The third-order valence-corrected chi connectivity index (χ3v) is 3.18. The summed E-state index contributed by atoms with van der Waals surface area (Å²) >= 11 is 5.96. The Morgan fingerprint density at radius 2 is 2.24 bits per heavy atom. The van der Waals surface area contributed by atoms with Crippen LogP contribution in [-0.2, 0) is 6.54 Å². The summed E-state index contributed by atoms with van der Waals surface area (Å²) in [5.41, 5.74) is 1.36. The number of amides is 1.